The molecular weight excluding hydrogens is 475 g/mol. The van der Waals surface area contributed by atoms with E-state index in [2.05, 4.69) is 30.7 Å². The molecule has 10 nitrogen and oxygen atoms in total. The first kappa shape index (κ1) is 22.1. The van der Waals surface area contributed by atoms with Gasteiger partial charge in [0.25, 0.3) is 5.82 Å². The fourth-order valence-electron chi connectivity index (χ4n) is 3.87. The van der Waals surface area contributed by atoms with Gasteiger partial charge in [-0.15, -0.1) is 15.3 Å². The third-order valence-corrected chi connectivity index (χ3v) is 5.81. The number of hydrogen-bond donors (Lipinski definition) is 1. The lowest BCUT2D eigenvalue weighted by Crippen LogP contribution is -2.39. The summed E-state index contributed by atoms with van der Waals surface area (Å²) in [4.78, 5) is 18.7. The van der Waals surface area contributed by atoms with Crippen LogP contribution in [0.2, 0.25) is 5.02 Å². The second-order valence-corrected chi connectivity index (χ2v) is 8.17. The van der Waals surface area contributed by atoms with E-state index >= 15 is 0 Å². The van der Waals surface area contributed by atoms with Crippen LogP contribution < -0.4 is 10.2 Å². The van der Waals surface area contributed by atoms with Gasteiger partial charge < -0.3 is 10.2 Å². The van der Waals surface area contributed by atoms with Crippen LogP contribution in [-0.2, 0) is 11.0 Å². The van der Waals surface area contributed by atoms with Crippen molar-refractivity contribution in [3.8, 4) is 5.69 Å². The van der Waals surface area contributed by atoms with Gasteiger partial charge in [-0.3, -0.25) is 4.79 Å². The van der Waals surface area contributed by atoms with Crippen molar-refractivity contribution in [3.63, 3.8) is 0 Å². The number of benzene rings is 1. The maximum absolute atomic E-state index is 13.1. The number of fused-ring (bicyclic) bond motifs is 1. The predicted octanol–water partition coefficient (Wildman–Crippen LogP) is 3.23. The van der Waals surface area contributed by atoms with E-state index in [-0.39, 0.29) is 17.5 Å². The molecule has 0 atom stereocenters. The first-order chi connectivity index (χ1) is 16.3. The third kappa shape index (κ3) is 4.25. The van der Waals surface area contributed by atoms with Crippen LogP contribution >= 0.6 is 11.6 Å². The third-order valence-electron chi connectivity index (χ3n) is 5.57. The summed E-state index contributed by atoms with van der Waals surface area (Å²) in [7, 11) is 0. The summed E-state index contributed by atoms with van der Waals surface area (Å²) < 4.78 is 41.7. The largest absolute Gasteiger partial charge is 0.453 e. The van der Waals surface area contributed by atoms with Gasteiger partial charge in [-0.05, 0) is 43.2 Å². The van der Waals surface area contributed by atoms with Gasteiger partial charge in [-0.2, -0.15) is 22.8 Å². The minimum atomic E-state index is -4.67. The molecule has 5 rings (SSSR count). The van der Waals surface area contributed by atoms with Crippen LogP contribution in [0.4, 0.5) is 24.7 Å². The van der Waals surface area contributed by atoms with Crippen LogP contribution in [0.5, 0.6) is 0 Å². The monoisotopic (exact) mass is 491 g/mol. The SMILES string of the molecule is O=C(Nc1cc(Cl)ccc1-n1cncn1)C1CCN(c2ccc3nnc(C(F)(F)F)n3n2)CC1. The molecule has 1 N–H and O–H groups in total. The molecule has 0 bridgehead atoms. The van der Waals surface area contributed by atoms with Gasteiger partial charge in [0.05, 0.1) is 11.4 Å². The smallest absolute Gasteiger partial charge is 0.355 e. The van der Waals surface area contributed by atoms with Gasteiger partial charge >= 0.3 is 6.18 Å². The van der Waals surface area contributed by atoms with E-state index in [0.29, 0.717) is 52.7 Å². The van der Waals surface area contributed by atoms with E-state index in [1.807, 2.05) is 4.90 Å². The minimum absolute atomic E-state index is 0.00930. The summed E-state index contributed by atoms with van der Waals surface area (Å²) in [5.74, 6) is -1.28. The molecule has 4 heterocycles. The molecule has 1 aromatic carbocycles. The molecule has 0 radical (unpaired) electrons. The molecule has 0 spiro atoms. The van der Waals surface area contributed by atoms with Crippen molar-refractivity contribution in [1.29, 1.82) is 0 Å². The van der Waals surface area contributed by atoms with Crippen LogP contribution in [0, 0.1) is 5.92 Å². The number of piperidine rings is 1. The summed E-state index contributed by atoms with van der Waals surface area (Å²) in [5.41, 5.74) is 1.14. The Balaban J connectivity index is 1.28. The molecule has 0 aliphatic carbocycles. The Bertz CT molecular complexity index is 1330. The highest BCUT2D eigenvalue weighted by Crippen LogP contribution is 2.30. The highest BCUT2D eigenvalue weighted by atomic mass is 35.5. The van der Waals surface area contributed by atoms with Gasteiger partial charge in [0.15, 0.2) is 5.65 Å². The van der Waals surface area contributed by atoms with Crippen molar-refractivity contribution in [2.75, 3.05) is 23.3 Å². The molecule has 0 unspecified atom stereocenters. The number of carbonyl (C=O) groups is 1. The topological polar surface area (TPSA) is 106 Å². The molecule has 34 heavy (non-hydrogen) atoms. The number of rotatable bonds is 4. The Labute approximate surface area is 195 Å². The number of amides is 1. The van der Waals surface area contributed by atoms with Crippen molar-refractivity contribution in [2.24, 2.45) is 5.92 Å². The van der Waals surface area contributed by atoms with E-state index in [0.717, 1.165) is 0 Å². The lowest BCUT2D eigenvalue weighted by atomic mass is 9.95. The van der Waals surface area contributed by atoms with Gasteiger partial charge in [0.2, 0.25) is 5.91 Å². The fourth-order valence-corrected chi connectivity index (χ4v) is 4.04. The molecule has 1 aliphatic rings. The molecular formula is C20H17ClF3N9O. The van der Waals surface area contributed by atoms with E-state index in [9.17, 15) is 18.0 Å². The van der Waals surface area contributed by atoms with Crippen LogP contribution in [0.3, 0.4) is 0 Å². The van der Waals surface area contributed by atoms with Gasteiger partial charge in [0.1, 0.15) is 18.5 Å². The zero-order chi connectivity index (χ0) is 23.9. The lowest BCUT2D eigenvalue weighted by Gasteiger charge is -2.32. The van der Waals surface area contributed by atoms with E-state index in [1.54, 1.807) is 24.3 Å². The van der Waals surface area contributed by atoms with E-state index in [1.165, 1.54) is 23.4 Å². The summed E-state index contributed by atoms with van der Waals surface area (Å²) >= 11 is 6.12. The first-order valence-corrected chi connectivity index (χ1v) is 10.7. The molecule has 0 saturated carbocycles. The maximum atomic E-state index is 13.1. The van der Waals surface area contributed by atoms with E-state index in [4.69, 9.17) is 11.6 Å². The number of nitrogens with zero attached hydrogens (tertiary/aromatic N) is 8. The molecule has 1 saturated heterocycles. The van der Waals surface area contributed by atoms with Gasteiger partial charge in [0, 0.05) is 24.0 Å². The zero-order valence-corrected chi connectivity index (χ0v) is 18.2. The average Bonchev–Trinajstić information content (AvgIpc) is 3.49. The molecule has 1 fully saturated rings. The number of nitrogens with one attached hydrogen (secondary N) is 1. The Hall–Kier alpha value is -3.74. The number of carbonyl (C=O) groups excluding carboxylic acids is 1. The predicted molar refractivity (Wildman–Crippen MR) is 116 cm³/mol. The number of alkyl halides is 3. The highest BCUT2D eigenvalue weighted by Gasteiger charge is 2.38. The highest BCUT2D eigenvalue weighted by molar-refractivity contribution is 6.31. The fraction of sp³-hybridized carbons (Fsp3) is 0.300. The summed E-state index contributed by atoms with van der Waals surface area (Å²) in [6.45, 7) is 0.900. The van der Waals surface area contributed by atoms with Crippen molar-refractivity contribution in [2.45, 2.75) is 19.0 Å². The summed E-state index contributed by atoms with van der Waals surface area (Å²) in [5, 5.41) is 18.3. The van der Waals surface area contributed by atoms with Crippen molar-refractivity contribution in [3.05, 3.63) is 53.8 Å². The summed E-state index contributed by atoms with van der Waals surface area (Å²) in [6.07, 6.45) is -0.764. The molecule has 3 aromatic heterocycles. The van der Waals surface area contributed by atoms with Crippen LogP contribution in [0.25, 0.3) is 11.3 Å². The number of aromatic nitrogens is 7. The van der Waals surface area contributed by atoms with Gasteiger partial charge in [-0.25, -0.2) is 9.67 Å². The number of anilines is 2. The van der Waals surface area contributed by atoms with Gasteiger partial charge in [-0.1, -0.05) is 11.6 Å². The van der Waals surface area contributed by atoms with Crippen molar-refractivity contribution >= 4 is 34.7 Å². The molecule has 1 aliphatic heterocycles. The molecule has 176 valence electrons. The Kier molecular flexibility index (Phi) is 5.55. The quantitative estimate of drug-likeness (QED) is 0.467. The zero-order valence-electron chi connectivity index (χ0n) is 17.4. The van der Waals surface area contributed by atoms with Crippen molar-refractivity contribution in [1.82, 2.24) is 34.6 Å². The van der Waals surface area contributed by atoms with Crippen LogP contribution in [-0.4, -0.2) is 53.6 Å². The number of hydrogen-bond acceptors (Lipinski definition) is 7. The van der Waals surface area contributed by atoms with Crippen LogP contribution in [0.15, 0.2) is 43.0 Å². The summed E-state index contributed by atoms with van der Waals surface area (Å²) in [6, 6.07) is 8.10. The van der Waals surface area contributed by atoms with Crippen molar-refractivity contribution < 1.29 is 18.0 Å². The Morgan fingerprint density at radius 1 is 1.12 bits per heavy atom. The molecule has 1 amide bonds. The normalized spacial score (nSPS) is 15.1. The molecule has 14 heteroatoms. The lowest BCUT2D eigenvalue weighted by molar-refractivity contribution is -0.146. The van der Waals surface area contributed by atoms with E-state index < -0.39 is 12.0 Å². The van der Waals surface area contributed by atoms with Crippen LogP contribution in [0.1, 0.15) is 18.7 Å². The number of halogens is 4. The molecule has 4 aromatic rings. The minimum Gasteiger partial charge on any atom is -0.355 e. The standard InChI is InChI=1S/C20H17ClF3N9O/c21-13-1-2-15(32-11-25-10-26-32)14(9-13)27-18(34)12-5-7-31(8-6-12)17-4-3-16-28-29-19(20(22,23)24)33(16)30-17/h1-4,9-12H,5-8H2,(H,27,34). The second-order valence-electron chi connectivity index (χ2n) is 7.73. The first-order valence-electron chi connectivity index (χ1n) is 10.3. The Morgan fingerprint density at radius 2 is 1.91 bits per heavy atom. The Morgan fingerprint density at radius 3 is 2.62 bits per heavy atom. The average molecular weight is 492 g/mol. The second kappa shape index (κ2) is 8.56. The maximum Gasteiger partial charge on any atom is 0.453 e.